The summed E-state index contributed by atoms with van der Waals surface area (Å²) >= 11 is 5.83. The topological polar surface area (TPSA) is 48.0 Å². The molecule has 1 unspecified atom stereocenters. The summed E-state index contributed by atoms with van der Waals surface area (Å²) in [5.41, 5.74) is 0.159. The van der Waals surface area contributed by atoms with Gasteiger partial charge in [-0.05, 0) is 49.6 Å². The first kappa shape index (κ1) is 22.1. The summed E-state index contributed by atoms with van der Waals surface area (Å²) in [6.45, 7) is 2.89. The number of nitrogens with zero attached hydrogens (tertiary/aromatic N) is 1. The van der Waals surface area contributed by atoms with E-state index in [1.165, 1.54) is 18.2 Å². The van der Waals surface area contributed by atoms with Crippen molar-refractivity contribution >= 4 is 17.5 Å². The van der Waals surface area contributed by atoms with E-state index in [1.807, 2.05) is 30.3 Å². The maximum atomic E-state index is 13.4. The molecule has 4 rings (SSSR count). The van der Waals surface area contributed by atoms with Gasteiger partial charge in [0.25, 0.3) is 5.91 Å². The zero-order valence-corrected chi connectivity index (χ0v) is 18.2. The summed E-state index contributed by atoms with van der Waals surface area (Å²) < 4.78 is 31.3. The molecular weight excluding hydrogens is 421 g/mol. The quantitative estimate of drug-likeness (QED) is 0.601. The third kappa shape index (κ3) is 5.56. The van der Waals surface area contributed by atoms with Crippen molar-refractivity contribution in [3.8, 4) is 5.75 Å². The molecule has 2 aromatic carbocycles. The summed E-state index contributed by atoms with van der Waals surface area (Å²) in [7, 11) is 0. The monoisotopic (exact) mass is 447 g/mol. The van der Waals surface area contributed by atoms with E-state index in [1.54, 1.807) is 4.90 Å². The number of carbonyl (C=O) groups is 1. The SMILES string of the molecule is O=C(c1ccc(F)c(Cl)c1)N1CCC2(CC1)CC(OCCOc1ccccc1)CCO2. The number of piperidine rings is 1. The number of rotatable bonds is 6. The first-order chi connectivity index (χ1) is 15.0. The highest BCUT2D eigenvalue weighted by Gasteiger charge is 2.41. The van der Waals surface area contributed by atoms with Crippen molar-refractivity contribution in [3.05, 3.63) is 64.9 Å². The van der Waals surface area contributed by atoms with Crippen LogP contribution in [-0.2, 0) is 9.47 Å². The molecule has 31 heavy (non-hydrogen) atoms. The third-order valence-corrected chi connectivity index (χ3v) is 6.31. The molecule has 2 aliphatic heterocycles. The zero-order valence-electron chi connectivity index (χ0n) is 17.4. The Balaban J connectivity index is 1.24. The van der Waals surface area contributed by atoms with Crippen LogP contribution < -0.4 is 4.74 Å². The second-order valence-electron chi connectivity index (χ2n) is 8.10. The molecule has 2 aromatic rings. The molecule has 1 spiro atoms. The van der Waals surface area contributed by atoms with Crippen LogP contribution in [0, 0.1) is 5.82 Å². The molecule has 2 heterocycles. The van der Waals surface area contributed by atoms with Crippen molar-refractivity contribution in [2.75, 3.05) is 32.9 Å². The van der Waals surface area contributed by atoms with Gasteiger partial charge in [-0.15, -0.1) is 0 Å². The maximum absolute atomic E-state index is 13.4. The van der Waals surface area contributed by atoms with Crippen molar-refractivity contribution in [2.24, 2.45) is 0 Å². The first-order valence-corrected chi connectivity index (χ1v) is 11.1. The fourth-order valence-electron chi connectivity index (χ4n) is 4.29. The molecule has 1 atom stereocenters. The smallest absolute Gasteiger partial charge is 0.253 e. The summed E-state index contributed by atoms with van der Waals surface area (Å²) in [5, 5.41) is -0.0359. The van der Waals surface area contributed by atoms with Gasteiger partial charge < -0.3 is 19.1 Å². The van der Waals surface area contributed by atoms with E-state index in [2.05, 4.69) is 0 Å². The highest BCUT2D eigenvalue weighted by atomic mass is 35.5. The minimum absolute atomic E-state index is 0.0359. The Morgan fingerprint density at radius 2 is 1.94 bits per heavy atom. The Morgan fingerprint density at radius 1 is 1.16 bits per heavy atom. The van der Waals surface area contributed by atoms with Crippen LogP contribution in [0.5, 0.6) is 5.75 Å². The molecule has 1 amide bonds. The van der Waals surface area contributed by atoms with Crippen LogP contribution >= 0.6 is 11.6 Å². The van der Waals surface area contributed by atoms with E-state index >= 15 is 0 Å². The molecule has 0 N–H and O–H groups in total. The second-order valence-corrected chi connectivity index (χ2v) is 8.51. The van der Waals surface area contributed by atoms with Crippen molar-refractivity contribution in [2.45, 2.75) is 37.4 Å². The van der Waals surface area contributed by atoms with Crippen LogP contribution in [0.4, 0.5) is 4.39 Å². The number of carbonyl (C=O) groups excluding carboxylic acids is 1. The zero-order chi connectivity index (χ0) is 21.7. The van der Waals surface area contributed by atoms with Gasteiger partial charge >= 0.3 is 0 Å². The van der Waals surface area contributed by atoms with E-state index in [0.717, 1.165) is 31.4 Å². The molecule has 2 saturated heterocycles. The number of hydrogen-bond donors (Lipinski definition) is 0. The van der Waals surface area contributed by atoms with Crippen LogP contribution in [0.25, 0.3) is 0 Å². The molecule has 2 fully saturated rings. The van der Waals surface area contributed by atoms with Gasteiger partial charge in [0.1, 0.15) is 18.2 Å². The van der Waals surface area contributed by atoms with Gasteiger partial charge in [0, 0.05) is 31.7 Å². The van der Waals surface area contributed by atoms with Gasteiger partial charge in [0.2, 0.25) is 0 Å². The summed E-state index contributed by atoms with van der Waals surface area (Å²) in [6.07, 6.45) is 3.33. The molecule has 2 aliphatic rings. The Hall–Kier alpha value is -2.15. The maximum Gasteiger partial charge on any atom is 0.253 e. The summed E-state index contributed by atoms with van der Waals surface area (Å²) in [6, 6.07) is 13.8. The fourth-order valence-corrected chi connectivity index (χ4v) is 4.47. The van der Waals surface area contributed by atoms with E-state index in [0.29, 0.717) is 38.5 Å². The average molecular weight is 448 g/mol. The van der Waals surface area contributed by atoms with Crippen LogP contribution in [0.1, 0.15) is 36.0 Å². The number of para-hydroxylation sites is 1. The molecule has 0 saturated carbocycles. The van der Waals surface area contributed by atoms with Crippen LogP contribution in [0.3, 0.4) is 0 Å². The standard InChI is InChI=1S/C24H27ClFNO4/c25-21-16-18(6-7-22(21)26)23(28)27-11-9-24(10-12-27)17-20(8-13-31-24)30-15-14-29-19-4-2-1-3-5-19/h1-7,16,20H,8-15,17H2. The van der Waals surface area contributed by atoms with Crippen molar-refractivity contribution < 1.29 is 23.4 Å². The molecule has 0 radical (unpaired) electrons. The van der Waals surface area contributed by atoms with Crippen molar-refractivity contribution in [1.29, 1.82) is 0 Å². The summed E-state index contributed by atoms with van der Waals surface area (Å²) in [4.78, 5) is 14.5. The normalized spacial score (nSPS) is 20.6. The Kier molecular flexibility index (Phi) is 7.10. The number of benzene rings is 2. The molecule has 7 heteroatoms. The lowest BCUT2D eigenvalue weighted by Gasteiger charge is -2.46. The largest absolute Gasteiger partial charge is 0.491 e. The number of amides is 1. The van der Waals surface area contributed by atoms with Gasteiger partial charge in [-0.3, -0.25) is 4.79 Å². The third-order valence-electron chi connectivity index (χ3n) is 6.03. The molecule has 0 bridgehead atoms. The van der Waals surface area contributed by atoms with Crippen LogP contribution in [0.2, 0.25) is 5.02 Å². The van der Waals surface area contributed by atoms with Gasteiger partial charge in [-0.25, -0.2) is 4.39 Å². The van der Waals surface area contributed by atoms with E-state index in [-0.39, 0.29) is 22.6 Å². The average Bonchev–Trinajstić information content (AvgIpc) is 2.79. The predicted octanol–water partition coefficient (Wildman–Crippen LogP) is 4.73. The van der Waals surface area contributed by atoms with Crippen LogP contribution in [-0.4, -0.2) is 55.4 Å². The number of likely N-dealkylation sites (tertiary alicyclic amines) is 1. The molecule has 0 aromatic heterocycles. The van der Waals surface area contributed by atoms with Gasteiger partial charge in [0.05, 0.1) is 23.3 Å². The van der Waals surface area contributed by atoms with Gasteiger partial charge in [0.15, 0.2) is 0 Å². The Bertz CT molecular complexity index is 886. The minimum atomic E-state index is -0.522. The number of hydrogen-bond acceptors (Lipinski definition) is 4. The number of ether oxygens (including phenoxy) is 3. The number of halogens is 2. The van der Waals surface area contributed by atoms with Crippen molar-refractivity contribution in [3.63, 3.8) is 0 Å². The molecular formula is C24H27ClFNO4. The van der Waals surface area contributed by atoms with Gasteiger partial charge in [-0.2, -0.15) is 0 Å². The van der Waals surface area contributed by atoms with E-state index in [4.69, 9.17) is 25.8 Å². The lowest BCUT2D eigenvalue weighted by atomic mass is 9.83. The van der Waals surface area contributed by atoms with Crippen molar-refractivity contribution in [1.82, 2.24) is 4.90 Å². The van der Waals surface area contributed by atoms with Crippen LogP contribution in [0.15, 0.2) is 48.5 Å². The lowest BCUT2D eigenvalue weighted by Crippen LogP contribution is -2.52. The molecule has 166 valence electrons. The molecule has 0 aliphatic carbocycles. The first-order valence-electron chi connectivity index (χ1n) is 10.7. The Morgan fingerprint density at radius 3 is 2.68 bits per heavy atom. The van der Waals surface area contributed by atoms with E-state index < -0.39 is 5.82 Å². The molecule has 5 nitrogen and oxygen atoms in total. The minimum Gasteiger partial charge on any atom is -0.491 e. The highest BCUT2D eigenvalue weighted by Crippen LogP contribution is 2.36. The Labute approximate surface area is 187 Å². The lowest BCUT2D eigenvalue weighted by molar-refractivity contribution is -0.153. The second kappa shape index (κ2) is 9.98. The fraction of sp³-hybridized carbons (Fsp3) is 0.458. The highest BCUT2D eigenvalue weighted by molar-refractivity contribution is 6.31. The predicted molar refractivity (Wildman–Crippen MR) is 116 cm³/mol. The van der Waals surface area contributed by atoms with E-state index in [9.17, 15) is 9.18 Å². The summed E-state index contributed by atoms with van der Waals surface area (Å²) in [5.74, 6) is 0.194. The van der Waals surface area contributed by atoms with Gasteiger partial charge in [-0.1, -0.05) is 29.8 Å².